The van der Waals surface area contributed by atoms with E-state index in [1.165, 1.54) is 7.11 Å². The van der Waals surface area contributed by atoms with Crippen molar-refractivity contribution < 1.29 is 9.53 Å². The third-order valence-electron chi connectivity index (χ3n) is 1.36. The molecule has 0 aromatic heterocycles. The van der Waals surface area contributed by atoms with E-state index in [0.29, 0.717) is 0 Å². The third-order valence-corrected chi connectivity index (χ3v) is 2.00. The number of rotatable bonds is 4. The van der Waals surface area contributed by atoms with Gasteiger partial charge in [0.25, 0.3) is 0 Å². The number of thioether (sulfide) groups is 1. The van der Waals surface area contributed by atoms with Crippen LogP contribution < -0.4 is 0 Å². The van der Waals surface area contributed by atoms with Crippen LogP contribution in [-0.2, 0) is 9.53 Å². The SMILES string of the molecule is COC(=O)[C@H](C)CCSC. The molecule has 0 bridgehead atoms. The molecule has 3 heteroatoms. The molecule has 0 saturated heterocycles. The van der Waals surface area contributed by atoms with Gasteiger partial charge in [0.15, 0.2) is 0 Å². The second-order valence-electron chi connectivity index (χ2n) is 2.21. The van der Waals surface area contributed by atoms with Crippen LogP contribution in [0.15, 0.2) is 0 Å². The van der Waals surface area contributed by atoms with E-state index in [2.05, 4.69) is 4.74 Å². The minimum absolute atomic E-state index is 0.0532. The lowest BCUT2D eigenvalue weighted by molar-refractivity contribution is -0.144. The van der Waals surface area contributed by atoms with Crippen LogP contribution in [0.3, 0.4) is 0 Å². The second-order valence-corrected chi connectivity index (χ2v) is 3.19. The van der Waals surface area contributed by atoms with Crippen molar-refractivity contribution in [3.8, 4) is 0 Å². The van der Waals surface area contributed by atoms with E-state index in [9.17, 15) is 4.79 Å². The van der Waals surface area contributed by atoms with Gasteiger partial charge in [-0.05, 0) is 18.4 Å². The first-order valence-corrected chi connectivity index (χ1v) is 4.68. The molecule has 0 unspecified atom stereocenters. The van der Waals surface area contributed by atoms with Crippen LogP contribution in [0.1, 0.15) is 13.3 Å². The molecule has 1 atom stereocenters. The Morgan fingerprint density at radius 1 is 1.70 bits per heavy atom. The average molecular weight is 162 g/mol. The van der Waals surface area contributed by atoms with Crippen LogP contribution in [0.4, 0.5) is 0 Å². The summed E-state index contributed by atoms with van der Waals surface area (Å²) in [7, 11) is 1.43. The zero-order chi connectivity index (χ0) is 7.98. The molecule has 0 aliphatic carbocycles. The number of hydrogen-bond donors (Lipinski definition) is 0. The summed E-state index contributed by atoms with van der Waals surface area (Å²) in [6.07, 6.45) is 2.94. The summed E-state index contributed by atoms with van der Waals surface area (Å²) in [4.78, 5) is 10.8. The molecule has 60 valence electrons. The van der Waals surface area contributed by atoms with Gasteiger partial charge in [0.05, 0.1) is 13.0 Å². The fourth-order valence-corrected chi connectivity index (χ4v) is 1.20. The van der Waals surface area contributed by atoms with Crippen LogP contribution in [0.5, 0.6) is 0 Å². The molecular weight excluding hydrogens is 148 g/mol. The lowest BCUT2D eigenvalue weighted by Crippen LogP contribution is -2.13. The van der Waals surface area contributed by atoms with Crippen molar-refractivity contribution in [2.75, 3.05) is 19.1 Å². The van der Waals surface area contributed by atoms with Crippen LogP contribution in [0, 0.1) is 5.92 Å². The van der Waals surface area contributed by atoms with Crippen molar-refractivity contribution in [3.63, 3.8) is 0 Å². The standard InChI is InChI=1S/C7H14O2S/c1-6(4-5-10-3)7(8)9-2/h6H,4-5H2,1-3H3/t6-/m1/s1. The Balaban J connectivity index is 3.41. The number of carbonyl (C=O) groups is 1. The second kappa shape index (κ2) is 5.59. The van der Waals surface area contributed by atoms with Gasteiger partial charge >= 0.3 is 5.97 Å². The maximum Gasteiger partial charge on any atom is 0.308 e. The number of ether oxygens (including phenoxy) is 1. The third kappa shape index (κ3) is 3.77. The topological polar surface area (TPSA) is 26.3 Å². The molecule has 0 spiro atoms. The predicted octanol–water partition coefficient (Wildman–Crippen LogP) is 1.55. The van der Waals surface area contributed by atoms with Crippen LogP contribution in [0.25, 0.3) is 0 Å². The smallest absolute Gasteiger partial charge is 0.308 e. The van der Waals surface area contributed by atoms with Crippen molar-refractivity contribution in [1.29, 1.82) is 0 Å². The molecule has 0 aliphatic rings. The summed E-state index contributed by atoms with van der Waals surface area (Å²) < 4.78 is 4.56. The highest BCUT2D eigenvalue weighted by molar-refractivity contribution is 7.98. The Kier molecular flexibility index (Phi) is 5.49. The van der Waals surface area contributed by atoms with Gasteiger partial charge < -0.3 is 4.74 Å². The van der Waals surface area contributed by atoms with Crippen molar-refractivity contribution in [2.45, 2.75) is 13.3 Å². The van der Waals surface area contributed by atoms with E-state index in [0.717, 1.165) is 12.2 Å². The van der Waals surface area contributed by atoms with Crippen molar-refractivity contribution >= 4 is 17.7 Å². The average Bonchev–Trinajstić information content (AvgIpc) is 1.98. The van der Waals surface area contributed by atoms with Crippen molar-refractivity contribution in [1.82, 2.24) is 0 Å². The van der Waals surface area contributed by atoms with Gasteiger partial charge in [-0.15, -0.1) is 0 Å². The first-order valence-electron chi connectivity index (χ1n) is 3.29. The highest BCUT2D eigenvalue weighted by Gasteiger charge is 2.11. The molecule has 0 amide bonds. The largest absolute Gasteiger partial charge is 0.469 e. The number of carbonyl (C=O) groups excluding carboxylic acids is 1. The summed E-state index contributed by atoms with van der Waals surface area (Å²) in [6.45, 7) is 1.89. The Labute approximate surface area is 66.3 Å². The van der Waals surface area contributed by atoms with Crippen LogP contribution in [-0.4, -0.2) is 25.1 Å². The van der Waals surface area contributed by atoms with E-state index in [4.69, 9.17) is 0 Å². The first kappa shape index (κ1) is 9.82. The fraction of sp³-hybridized carbons (Fsp3) is 0.857. The van der Waals surface area contributed by atoms with Crippen molar-refractivity contribution in [3.05, 3.63) is 0 Å². The molecule has 0 radical (unpaired) electrons. The normalized spacial score (nSPS) is 12.7. The number of hydrogen-bond acceptors (Lipinski definition) is 3. The molecule has 0 aromatic carbocycles. The van der Waals surface area contributed by atoms with Crippen molar-refractivity contribution in [2.24, 2.45) is 5.92 Å². The molecule has 2 nitrogen and oxygen atoms in total. The molecule has 0 aliphatic heterocycles. The molecule has 0 saturated carbocycles. The predicted molar refractivity (Wildman–Crippen MR) is 44.2 cm³/mol. The number of esters is 1. The van der Waals surface area contributed by atoms with E-state index >= 15 is 0 Å². The Bertz CT molecular complexity index is 104. The minimum atomic E-state index is -0.103. The van der Waals surface area contributed by atoms with Crippen LogP contribution >= 0.6 is 11.8 Å². The van der Waals surface area contributed by atoms with Crippen LogP contribution in [0.2, 0.25) is 0 Å². The molecule has 10 heavy (non-hydrogen) atoms. The van der Waals surface area contributed by atoms with Gasteiger partial charge in [0.1, 0.15) is 0 Å². The lowest BCUT2D eigenvalue weighted by atomic mass is 10.1. The van der Waals surface area contributed by atoms with Gasteiger partial charge in [-0.2, -0.15) is 11.8 Å². The van der Waals surface area contributed by atoms with Gasteiger partial charge in [-0.3, -0.25) is 4.79 Å². The first-order chi connectivity index (χ1) is 4.72. The van der Waals surface area contributed by atoms with Gasteiger partial charge in [-0.25, -0.2) is 0 Å². The highest BCUT2D eigenvalue weighted by atomic mass is 32.2. The molecule has 0 aromatic rings. The lowest BCUT2D eigenvalue weighted by Gasteiger charge is -2.06. The Morgan fingerprint density at radius 2 is 2.30 bits per heavy atom. The summed E-state index contributed by atoms with van der Waals surface area (Å²) >= 11 is 1.75. The molecule has 0 N–H and O–H groups in total. The zero-order valence-electron chi connectivity index (χ0n) is 6.72. The quantitative estimate of drug-likeness (QED) is 0.587. The van der Waals surface area contributed by atoms with Gasteiger partial charge in [-0.1, -0.05) is 6.92 Å². The summed E-state index contributed by atoms with van der Waals surface area (Å²) in [5.74, 6) is 0.975. The van der Waals surface area contributed by atoms with Gasteiger partial charge in [0.2, 0.25) is 0 Å². The van der Waals surface area contributed by atoms with E-state index in [-0.39, 0.29) is 11.9 Å². The summed E-state index contributed by atoms with van der Waals surface area (Å²) in [6, 6.07) is 0. The monoisotopic (exact) mass is 162 g/mol. The summed E-state index contributed by atoms with van der Waals surface area (Å²) in [5, 5.41) is 0. The molecule has 0 fully saturated rings. The van der Waals surface area contributed by atoms with Gasteiger partial charge in [0, 0.05) is 0 Å². The minimum Gasteiger partial charge on any atom is -0.469 e. The van der Waals surface area contributed by atoms with E-state index < -0.39 is 0 Å². The maximum absolute atomic E-state index is 10.8. The van der Waals surface area contributed by atoms with E-state index in [1.54, 1.807) is 11.8 Å². The maximum atomic E-state index is 10.8. The molecule has 0 heterocycles. The fourth-order valence-electron chi connectivity index (χ4n) is 0.614. The zero-order valence-corrected chi connectivity index (χ0v) is 7.53. The highest BCUT2D eigenvalue weighted by Crippen LogP contribution is 2.07. The Morgan fingerprint density at radius 3 is 2.70 bits per heavy atom. The van der Waals surface area contributed by atoms with E-state index in [1.807, 2.05) is 13.2 Å². The molecular formula is C7H14O2S. The summed E-state index contributed by atoms with van der Waals surface area (Å²) in [5.41, 5.74) is 0. The molecule has 0 rings (SSSR count). The number of methoxy groups -OCH3 is 1. The Hall–Kier alpha value is -0.180.